The molecule has 4 aromatic rings. The molecule has 4 fully saturated rings. The Morgan fingerprint density at radius 1 is 0.943 bits per heavy atom. The first-order valence-electron chi connectivity index (χ1n) is 19.3. The van der Waals surface area contributed by atoms with Gasteiger partial charge in [-0.25, -0.2) is 14.4 Å². The van der Waals surface area contributed by atoms with E-state index in [9.17, 15) is 14.4 Å². The van der Waals surface area contributed by atoms with Gasteiger partial charge in [-0.1, -0.05) is 18.6 Å². The number of pyridine rings is 1. The van der Waals surface area contributed by atoms with Crippen LogP contribution >= 0.6 is 0 Å². The number of aryl methyl sites for hydroxylation is 1. The van der Waals surface area contributed by atoms with Gasteiger partial charge in [0.1, 0.15) is 11.3 Å². The second-order valence-corrected chi connectivity index (χ2v) is 15.8. The number of carbonyl (C=O) groups is 3. The number of hydrogen-bond acceptors (Lipinski definition) is 7. The molecule has 9 rings (SSSR count). The van der Waals surface area contributed by atoms with Gasteiger partial charge in [-0.15, -0.1) is 0 Å². The molecule has 2 aromatic carbocycles. The number of halogens is 1. The van der Waals surface area contributed by atoms with Crippen molar-refractivity contribution in [3.63, 3.8) is 0 Å². The van der Waals surface area contributed by atoms with Crippen LogP contribution in [0.2, 0.25) is 0 Å². The number of fused-ring (bicyclic) bond motifs is 3. The molecule has 2 N–H and O–H groups in total. The standard InChI is InChI=1S/C41H47FN8O3/c1-24-17-32(42)34(21-30(24)39(52)43-3)46-38-37-35(44-23-49(37)27-8-9-27)22-33(45-38)26-7-10-31-36(18-26)50(29-19-28(20-29)48-13-5-4-6-14-48)40(53)41(31)11-15-47(16-12-41)25(2)51/h7,10,17-18,21-23,27-29H,4-6,8-9,11-16,19-20H2,1-3H3,(H,43,52)(H,45,46)/t28-,29+. The molecule has 1 spiro atoms. The summed E-state index contributed by atoms with van der Waals surface area (Å²) in [5.41, 5.74) is 5.40. The fourth-order valence-electron chi connectivity index (χ4n) is 9.35. The third-order valence-electron chi connectivity index (χ3n) is 12.7. The molecule has 276 valence electrons. The summed E-state index contributed by atoms with van der Waals surface area (Å²) in [7, 11) is 1.56. The number of benzene rings is 2. The van der Waals surface area contributed by atoms with Crippen LogP contribution in [0.4, 0.5) is 21.6 Å². The minimum absolute atomic E-state index is 0.0477. The van der Waals surface area contributed by atoms with Crippen molar-refractivity contribution in [3.8, 4) is 11.3 Å². The zero-order valence-electron chi connectivity index (χ0n) is 30.8. The molecule has 12 heteroatoms. The van der Waals surface area contributed by atoms with Gasteiger partial charge >= 0.3 is 0 Å². The fraction of sp³-hybridized carbons (Fsp3) is 0.488. The van der Waals surface area contributed by atoms with Crippen molar-refractivity contribution in [1.29, 1.82) is 0 Å². The number of nitrogens with zero attached hydrogens (tertiary/aromatic N) is 6. The number of rotatable bonds is 7. The van der Waals surface area contributed by atoms with E-state index in [-0.39, 0.29) is 29.5 Å². The second-order valence-electron chi connectivity index (χ2n) is 15.8. The first kappa shape index (κ1) is 34.0. The first-order chi connectivity index (χ1) is 25.6. The molecule has 3 aliphatic heterocycles. The molecule has 0 unspecified atom stereocenters. The molecular weight excluding hydrogens is 672 g/mol. The second kappa shape index (κ2) is 12.9. The van der Waals surface area contributed by atoms with E-state index in [0.717, 1.165) is 66.6 Å². The number of anilines is 3. The van der Waals surface area contributed by atoms with E-state index in [1.807, 2.05) is 23.4 Å². The summed E-state index contributed by atoms with van der Waals surface area (Å²) in [5.74, 6) is -0.116. The normalized spacial score (nSPS) is 22.6. The van der Waals surface area contributed by atoms with E-state index in [1.165, 1.54) is 31.4 Å². The van der Waals surface area contributed by atoms with Crippen LogP contribution in [0, 0.1) is 12.7 Å². The number of carbonyl (C=O) groups excluding carboxylic acids is 3. The Morgan fingerprint density at radius 2 is 1.70 bits per heavy atom. The average Bonchev–Trinajstić information content (AvgIpc) is 3.86. The third-order valence-corrected chi connectivity index (χ3v) is 12.7. The van der Waals surface area contributed by atoms with Gasteiger partial charge in [0, 0.05) is 62.0 Å². The van der Waals surface area contributed by atoms with Crippen LogP contribution in [-0.2, 0) is 15.0 Å². The van der Waals surface area contributed by atoms with Crippen molar-refractivity contribution in [1.82, 2.24) is 29.7 Å². The van der Waals surface area contributed by atoms with Crippen LogP contribution in [0.1, 0.15) is 92.2 Å². The molecule has 53 heavy (non-hydrogen) atoms. The van der Waals surface area contributed by atoms with Crippen molar-refractivity contribution >= 4 is 45.9 Å². The van der Waals surface area contributed by atoms with Gasteiger partial charge in [0.2, 0.25) is 11.8 Å². The lowest BCUT2D eigenvalue weighted by Crippen LogP contribution is -2.58. The number of hydrogen-bond donors (Lipinski definition) is 2. The lowest BCUT2D eigenvalue weighted by atomic mass is 9.73. The molecule has 5 aliphatic rings. The van der Waals surface area contributed by atoms with Crippen molar-refractivity contribution in [2.45, 2.75) is 95.2 Å². The lowest BCUT2D eigenvalue weighted by molar-refractivity contribution is -0.134. The smallest absolute Gasteiger partial charge is 0.251 e. The average molecular weight is 719 g/mol. The monoisotopic (exact) mass is 718 g/mol. The molecule has 5 heterocycles. The molecule has 0 atom stereocenters. The van der Waals surface area contributed by atoms with Gasteiger partial charge in [-0.3, -0.25) is 14.4 Å². The van der Waals surface area contributed by atoms with Crippen molar-refractivity contribution in [2.75, 3.05) is 43.4 Å². The number of imidazole rings is 1. The molecule has 0 radical (unpaired) electrons. The minimum Gasteiger partial charge on any atom is -0.355 e. The Bertz CT molecular complexity index is 2140. The largest absolute Gasteiger partial charge is 0.355 e. The summed E-state index contributed by atoms with van der Waals surface area (Å²) >= 11 is 0. The highest BCUT2D eigenvalue weighted by Crippen LogP contribution is 2.52. The van der Waals surface area contributed by atoms with Gasteiger partial charge in [-0.05, 0) is 107 Å². The number of aromatic nitrogens is 3. The van der Waals surface area contributed by atoms with E-state index >= 15 is 4.39 Å². The zero-order valence-corrected chi connectivity index (χ0v) is 30.8. The van der Waals surface area contributed by atoms with E-state index in [2.05, 4.69) is 37.1 Å². The SMILES string of the molecule is CNC(=O)c1cc(Nc2nc(-c3ccc4c(c3)N([C@H]3C[C@@H](N5CCCCC5)C3)C(=O)C43CCN(C(C)=O)CC3)cc3ncn(C4CC4)c23)c(F)cc1C. The van der Waals surface area contributed by atoms with Crippen LogP contribution in [0.5, 0.6) is 0 Å². The quantitative estimate of drug-likeness (QED) is 0.233. The maximum atomic E-state index is 15.5. The van der Waals surface area contributed by atoms with Crippen LogP contribution in [0.3, 0.4) is 0 Å². The van der Waals surface area contributed by atoms with E-state index in [1.54, 1.807) is 20.9 Å². The van der Waals surface area contributed by atoms with Gasteiger partial charge in [-0.2, -0.15) is 0 Å². The number of nitrogens with one attached hydrogen (secondary N) is 2. The number of piperidine rings is 2. The molecular formula is C41H47FN8O3. The molecule has 0 bridgehead atoms. The Kier molecular flexibility index (Phi) is 8.28. The summed E-state index contributed by atoms with van der Waals surface area (Å²) < 4.78 is 17.6. The highest BCUT2D eigenvalue weighted by Gasteiger charge is 2.55. The molecule has 2 aliphatic carbocycles. The van der Waals surface area contributed by atoms with Crippen molar-refractivity contribution in [3.05, 3.63) is 65.2 Å². The fourth-order valence-corrected chi connectivity index (χ4v) is 9.35. The highest BCUT2D eigenvalue weighted by atomic mass is 19.1. The maximum Gasteiger partial charge on any atom is 0.251 e. The van der Waals surface area contributed by atoms with E-state index in [4.69, 9.17) is 9.97 Å². The predicted molar refractivity (Wildman–Crippen MR) is 202 cm³/mol. The van der Waals surface area contributed by atoms with Crippen LogP contribution in [0.15, 0.2) is 42.7 Å². The lowest BCUT2D eigenvalue weighted by Gasteiger charge is -2.48. The Balaban J connectivity index is 1.11. The van der Waals surface area contributed by atoms with Gasteiger partial charge < -0.3 is 29.9 Å². The van der Waals surface area contributed by atoms with E-state index < -0.39 is 11.2 Å². The van der Waals surface area contributed by atoms with Crippen molar-refractivity contribution < 1.29 is 18.8 Å². The maximum absolute atomic E-state index is 15.5. The number of amides is 3. The predicted octanol–water partition coefficient (Wildman–Crippen LogP) is 6.23. The summed E-state index contributed by atoms with van der Waals surface area (Å²) in [5, 5.41) is 5.90. The molecule has 3 amide bonds. The molecule has 2 aromatic heterocycles. The Labute approximate surface area is 308 Å². The van der Waals surface area contributed by atoms with Gasteiger partial charge in [0.25, 0.3) is 5.91 Å². The summed E-state index contributed by atoms with van der Waals surface area (Å²) in [4.78, 5) is 56.1. The summed E-state index contributed by atoms with van der Waals surface area (Å²) in [6, 6.07) is 12.1. The first-order valence-corrected chi connectivity index (χ1v) is 19.3. The molecule has 11 nitrogen and oxygen atoms in total. The summed E-state index contributed by atoms with van der Waals surface area (Å²) in [6.45, 7) is 6.71. The number of likely N-dealkylation sites (tertiary alicyclic amines) is 2. The zero-order chi connectivity index (χ0) is 36.6. The van der Waals surface area contributed by atoms with Crippen LogP contribution < -0.4 is 15.5 Å². The Morgan fingerprint density at radius 3 is 2.40 bits per heavy atom. The molecule has 2 saturated heterocycles. The van der Waals surface area contributed by atoms with Crippen LogP contribution in [-0.4, -0.2) is 87.4 Å². The third kappa shape index (κ3) is 5.68. The van der Waals surface area contributed by atoms with Gasteiger partial charge in [0.05, 0.1) is 28.6 Å². The molecule has 2 saturated carbocycles. The van der Waals surface area contributed by atoms with Crippen LogP contribution in [0.25, 0.3) is 22.3 Å². The minimum atomic E-state index is -0.658. The Hall–Kier alpha value is -4.84. The highest BCUT2D eigenvalue weighted by molar-refractivity contribution is 6.09. The topological polar surface area (TPSA) is 116 Å². The van der Waals surface area contributed by atoms with Gasteiger partial charge in [0.15, 0.2) is 5.82 Å². The van der Waals surface area contributed by atoms with E-state index in [0.29, 0.717) is 60.7 Å². The summed E-state index contributed by atoms with van der Waals surface area (Å²) in [6.07, 6.45) is 10.8. The van der Waals surface area contributed by atoms with Crippen molar-refractivity contribution in [2.24, 2.45) is 0 Å².